The van der Waals surface area contributed by atoms with Crippen molar-refractivity contribution in [2.24, 2.45) is 0 Å². The van der Waals surface area contributed by atoms with Gasteiger partial charge in [0.05, 0.1) is 10.9 Å². The molecule has 0 fully saturated rings. The number of aromatic nitrogens is 2. The van der Waals surface area contributed by atoms with E-state index in [2.05, 4.69) is 37.3 Å². The second kappa shape index (κ2) is 6.23. The minimum atomic E-state index is 0.116. The lowest BCUT2D eigenvalue weighted by Gasteiger charge is -2.11. The van der Waals surface area contributed by atoms with Gasteiger partial charge < -0.3 is 0 Å². The molecule has 4 rings (SSSR count). The summed E-state index contributed by atoms with van der Waals surface area (Å²) in [6, 6.07) is 14.7. The van der Waals surface area contributed by atoms with Crippen molar-refractivity contribution in [1.29, 1.82) is 0 Å². The van der Waals surface area contributed by atoms with Crippen LogP contribution in [0.3, 0.4) is 0 Å². The number of nitrogens with zero attached hydrogens (tertiary/aromatic N) is 2. The average molecular weight is 318 g/mol. The van der Waals surface area contributed by atoms with E-state index in [9.17, 15) is 4.79 Å². The first kappa shape index (κ1) is 15.1. The lowest BCUT2D eigenvalue weighted by molar-refractivity contribution is 0.614. The molecule has 0 radical (unpaired) electrons. The van der Waals surface area contributed by atoms with Crippen molar-refractivity contribution in [3.63, 3.8) is 0 Å². The van der Waals surface area contributed by atoms with E-state index in [4.69, 9.17) is 4.98 Å². The highest BCUT2D eigenvalue weighted by Gasteiger charge is 2.14. The van der Waals surface area contributed by atoms with Gasteiger partial charge in [-0.05, 0) is 48.1 Å². The average Bonchev–Trinajstić information content (AvgIpc) is 2.87. The van der Waals surface area contributed by atoms with Crippen LogP contribution in [0.15, 0.2) is 47.3 Å². The predicted molar refractivity (Wildman–Crippen MR) is 98.4 cm³/mol. The Hall–Kier alpha value is -2.42. The first-order chi connectivity index (χ1) is 11.8. The SMILES string of the molecule is CCc1ccc(-c2ccc3c(=O)n4c(nc3c2)CCCCC4)cc1. The number of rotatable bonds is 2. The minimum absolute atomic E-state index is 0.116. The molecule has 3 heteroatoms. The lowest BCUT2D eigenvalue weighted by Crippen LogP contribution is -2.24. The Balaban J connectivity index is 1.84. The summed E-state index contributed by atoms with van der Waals surface area (Å²) >= 11 is 0. The Morgan fingerprint density at radius 2 is 1.79 bits per heavy atom. The number of benzene rings is 2. The van der Waals surface area contributed by atoms with Crippen LogP contribution >= 0.6 is 0 Å². The summed E-state index contributed by atoms with van der Waals surface area (Å²) in [5.74, 6) is 0.948. The van der Waals surface area contributed by atoms with Crippen LogP contribution in [0.1, 0.15) is 37.6 Å². The molecule has 0 saturated heterocycles. The molecule has 1 aromatic heterocycles. The molecule has 2 heterocycles. The van der Waals surface area contributed by atoms with Crippen LogP contribution in [-0.2, 0) is 19.4 Å². The Morgan fingerprint density at radius 3 is 2.58 bits per heavy atom. The molecule has 0 aliphatic carbocycles. The molecule has 1 aliphatic heterocycles. The zero-order valence-electron chi connectivity index (χ0n) is 14.1. The van der Waals surface area contributed by atoms with Gasteiger partial charge in [-0.25, -0.2) is 4.98 Å². The summed E-state index contributed by atoms with van der Waals surface area (Å²) in [7, 11) is 0. The van der Waals surface area contributed by atoms with Crippen molar-refractivity contribution in [3.8, 4) is 11.1 Å². The third-order valence-electron chi connectivity index (χ3n) is 5.01. The third kappa shape index (κ3) is 2.64. The first-order valence-corrected chi connectivity index (χ1v) is 8.89. The second-order valence-electron chi connectivity index (χ2n) is 6.58. The van der Waals surface area contributed by atoms with E-state index in [0.717, 1.165) is 54.5 Å². The van der Waals surface area contributed by atoms with E-state index in [1.54, 1.807) is 0 Å². The highest BCUT2D eigenvalue weighted by Crippen LogP contribution is 2.24. The van der Waals surface area contributed by atoms with Crippen LogP contribution in [0.25, 0.3) is 22.0 Å². The van der Waals surface area contributed by atoms with Crippen molar-refractivity contribution in [2.75, 3.05) is 0 Å². The predicted octanol–water partition coefficient (Wildman–Crippen LogP) is 4.35. The normalized spacial score (nSPS) is 14.4. The van der Waals surface area contributed by atoms with Gasteiger partial charge >= 0.3 is 0 Å². The van der Waals surface area contributed by atoms with E-state index in [1.165, 1.54) is 17.5 Å². The quantitative estimate of drug-likeness (QED) is 0.704. The highest BCUT2D eigenvalue weighted by atomic mass is 16.1. The molecule has 3 nitrogen and oxygen atoms in total. The molecular formula is C21H22N2O. The van der Waals surface area contributed by atoms with Gasteiger partial charge in [-0.2, -0.15) is 0 Å². The van der Waals surface area contributed by atoms with Crippen molar-refractivity contribution in [2.45, 2.75) is 45.6 Å². The van der Waals surface area contributed by atoms with Crippen LogP contribution in [0, 0.1) is 0 Å². The van der Waals surface area contributed by atoms with Gasteiger partial charge in [-0.3, -0.25) is 9.36 Å². The summed E-state index contributed by atoms with van der Waals surface area (Å²) in [6.45, 7) is 2.96. The minimum Gasteiger partial charge on any atom is -0.296 e. The maximum Gasteiger partial charge on any atom is 0.261 e. The summed E-state index contributed by atoms with van der Waals surface area (Å²) < 4.78 is 1.88. The molecule has 0 amide bonds. The maximum absolute atomic E-state index is 12.8. The molecule has 1 aliphatic rings. The lowest BCUT2D eigenvalue weighted by atomic mass is 10.0. The molecule has 0 spiro atoms. The van der Waals surface area contributed by atoms with Gasteiger partial charge in [0, 0.05) is 13.0 Å². The largest absolute Gasteiger partial charge is 0.296 e. The first-order valence-electron chi connectivity index (χ1n) is 8.89. The topological polar surface area (TPSA) is 34.9 Å². The van der Waals surface area contributed by atoms with Crippen LogP contribution in [0.5, 0.6) is 0 Å². The van der Waals surface area contributed by atoms with Crippen LogP contribution in [0.2, 0.25) is 0 Å². The maximum atomic E-state index is 12.8. The molecule has 0 atom stereocenters. The van der Waals surface area contributed by atoms with Crippen LogP contribution in [0.4, 0.5) is 0 Å². The Kier molecular flexibility index (Phi) is 3.93. The molecule has 0 bridgehead atoms. The Bertz CT molecular complexity index is 938. The third-order valence-corrected chi connectivity index (χ3v) is 5.01. The van der Waals surface area contributed by atoms with E-state index in [0.29, 0.717) is 0 Å². The highest BCUT2D eigenvalue weighted by molar-refractivity contribution is 5.83. The molecule has 3 aromatic rings. The van der Waals surface area contributed by atoms with E-state index < -0.39 is 0 Å². The standard InChI is InChI=1S/C21H22N2O/c1-2-15-7-9-16(10-8-15)17-11-12-18-19(14-17)22-20-6-4-3-5-13-23(20)21(18)24/h7-12,14H,2-6,13H2,1H3. The molecule has 0 N–H and O–H groups in total. The molecule has 24 heavy (non-hydrogen) atoms. The van der Waals surface area contributed by atoms with Crippen LogP contribution < -0.4 is 5.56 Å². The van der Waals surface area contributed by atoms with Gasteiger partial charge in [0.15, 0.2) is 0 Å². The zero-order chi connectivity index (χ0) is 16.5. The molecular weight excluding hydrogens is 296 g/mol. The fourth-order valence-electron chi connectivity index (χ4n) is 3.53. The van der Waals surface area contributed by atoms with Crippen molar-refractivity contribution >= 4 is 10.9 Å². The summed E-state index contributed by atoms with van der Waals surface area (Å²) in [6.07, 6.45) is 5.31. The Labute approximate surface area is 142 Å². The second-order valence-corrected chi connectivity index (χ2v) is 6.58. The number of hydrogen-bond acceptors (Lipinski definition) is 2. The van der Waals surface area contributed by atoms with E-state index >= 15 is 0 Å². The number of hydrogen-bond donors (Lipinski definition) is 0. The van der Waals surface area contributed by atoms with Gasteiger partial charge in [-0.1, -0.05) is 43.7 Å². The smallest absolute Gasteiger partial charge is 0.261 e. The summed E-state index contributed by atoms with van der Waals surface area (Å²) in [5, 5.41) is 0.731. The van der Waals surface area contributed by atoms with Gasteiger partial charge in [0.2, 0.25) is 0 Å². The molecule has 0 saturated carbocycles. The van der Waals surface area contributed by atoms with Gasteiger partial charge in [-0.15, -0.1) is 0 Å². The summed E-state index contributed by atoms with van der Waals surface area (Å²) in [5.41, 5.74) is 4.57. The zero-order valence-corrected chi connectivity index (χ0v) is 14.1. The molecule has 122 valence electrons. The van der Waals surface area contributed by atoms with Gasteiger partial charge in [0.25, 0.3) is 5.56 Å². The number of fused-ring (bicyclic) bond motifs is 2. The fourth-order valence-corrected chi connectivity index (χ4v) is 3.53. The van der Waals surface area contributed by atoms with E-state index in [-0.39, 0.29) is 5.56 Å². The van der Waals surface area contributed by atoms with Crippen molar-refractivity contribution in [1.82, 2.24) is 9.55 Å². The van der Waals surface area contributed by atoms with Crippen molar-refractivity contribution in [3.05, 3.63) is 64.2 Å². The monoisotopic (exact) mass is 318 g/mol. The summed E-state index contributed by atoms with van der Waals surface area (Å²) in [4.78, 5) is 17.6. The molecule has 0 unspecified atom stereocenters. The van der Waals surface area contributed by atoms with Crippen LogP contribution in [-0.4, -0.2) is 9.55 Å². The fraction of sp³-hybridized carbons (Fsp3) is 0.333. The molecule has 2 aromatic carbocycles. The van der Waals surface area contributed by atoms with Crippen molar-refractivity contribution < 1.29 is 0 Å². The number of aryl methyl sites for hydroxylation is 2. The van der Waals surface area contributed by atoms with Gasteiger partial charge in [0.1, 0.15) is 5.82 Å². The van der Waals surface area contributed by atoms with E-state index in [1.807, 2.05) is 16.7 Å². The Morgan fingerprint density at radius 1 is 1.00 bits per heavy atom.